The molecule has 4 rings (SSSR count). The van der Waals surface area contributed by atoms with Crippen molar-refractivity contribution in [3.05, 3.63) is 35.4 Å². The highest BCUT2D eigenvalue weighted by molar-refractivity contribution is 6.43. The number of ether oxygens (including phenoxy) is 1. The Labute approximate surface area is 219 Å². The van der Waals surface area contributed by atoms with E-state index >= 15 is 0 Å². The normalized spacial score (nSPS) is 25.9. The summed E-state index contributed by atoms with van der Waals surface area (Å²) in [6.07, 6.45) is 6.40. The number of hydrogen-bond acceptors (Lipinski definition) is 6. The van der Waals surface area contributed by atoms with E-state index in [1.807, 2.05) is 24.3 Å². The third kappa shape index (κ3) is 6.96. The molecule has 0 radical (unpaired) electrons. The third-order valence-electron chi connectivity index (χ3n) is 7.70. The lowest BCUT2D eigenvalue weighted by atomic mass is 9.76. The first-order valence-electron chi connectivity index (χ1n) is 13.5. The van der Waals surface area contributed by atoms with E-state index in [1.54, 1.807) is 16.8 Å². The fourth-order valence-electron chi connectivity index (χ4n) is 5.51. The molecular formula is C26H39BN4O6. The first-order valence-corrected chi connectivity index (χ1v) is 13.5. The highest BCUT2D eigenvalue weighted by Crippen LogP contribution is 2.27. The van der Waals surface area contributed by atoms with Gasteiger partial charge in [0, 0.05) is 33.1 Å². The van der Waals surface area contributed by atoms with E-state index in [0.29, 0.717) is 26.1 Å². The number of carbonyl (C=O) groups is 3. The first-order chi connectivity index (χ1) is 17.8. The molecular weight excluding hydrogens is 475 g/mol. The molecule has 37 heavy (non-hydrogen) atoms. The van der Waals surface area contributed by atoms with Crippen molar-refractivity contribution in [3.63, 3.8) is 0 Å². The summed E-state index contributed by atoms with van der Waals surface area (Å²) in [6, 6.07) is 6.70. The van der Waals surface area contributed by atoms with Crippen LogP contribution in [0.3, 0.4) is 0 Å². The number of rotatable bonds is 2. The van der Waals surface area contributed by atoms with E-state index in [1.165, 1.54) is 4.90 Å². The van der Waals surface area contributed by atoms with Gasteiger partial charge in [-0.3, -0.25) is 9.69 Å². The molecule has 3 aliphatic rings. The Kier molecular flexibility index (Phi) is 9.31. The smallest absolute Gasteiger partial charge is 0.444 e. The summed E-state index contributed by atoms with van der Waals surface area (Å²) in [6.45, 7) is 1.62. The zero-order valence-corrected chi connectivity index (χ0v) is 21.7. The van der Waals surface area contributed by atoms with Crippen LogP contribution in [0.5, 0.6) is 0 Å². The van der Waals surface area contributed by atoms with Crippen molar-refractivity contribution in [2.45, 2.75) is 89.0 Å². The van der Waals surface area contributed by atoms with Crippen molar-refractivity contribution in [3.8, 4) is 0 Å². The quantitative estimate of drug-likeness (QED) is 0.521. The predicted octanol–water partition coefficient (Wildman–Crippen LogP) is 2.26. The van der Waals surface area contributed by atoms with Crippen molar-refractivity contribution >= 4 is 25.1 Å². The van der Waals surface area contributed by atoms with E-state index in [9.17, 15) is 24.4 Å². The largest absolute Gasteiger partial charge is 0.475 e. The van der Waals surface area contributed by atoms with Gasteiger partial charge in [0.2, 0.25) is 5.91 Å². The minimum absolute atomic E-state index is 0.111. The van der Waals surface area contributed by atoms with Crippen molar-refractivity contribution in [2.24, 2.45) is 0 Å². The number of hydrogen-bond donors (Lipinski definition) is 3. The van der Waals surface area contributed by atoms with Crippen LogP contribution in [0, 0.1) is 0 Å². The van der Waals surface area contributed by atoms with Crippen LogP contribution in [0.15, 0.2) is 24.3 Å². The Morgan fingerprint density at radius 1 is 1.00 bits per heavy atom. The van der Waals surface area contributed by atoms with E-state index in [4.69, 9.17) is 4.74 Å². The maximum Gasteiger partial charge on any atom is 0.475 e. The number of benzene rings is 1. The second-order valence-electron chi connectivity index (χ2n) is 10.5. The monoisotopic (exact) mass is 514 g/mol. The molecule has 0 aromatic heterocycles. The highest BCUT2D eigenvalue weighted by Gasteiger charge is 2.44. The average Bonchev–Trinajstić information content (AvgIpc) is 3.50. The van der Waals surface area contributed by atoms with Gasteiger partial charge in [0.05, 0.1) is 12.5 Å². The molecule has 1 aromatic carbocycles. The number of urea groups is 1. The maximum atomic E-state index is 13.3. The Morgan fingerprint density at radius 3 is 2.27 bits per heavy atom. The number of nitrogens with one attached hydrogen (secondary N) is 1. The molecule has 2 saturated heterocycles. The molecule has 0 bridgehead atoms. The van der Waals surface area contributed by atoms with Crippen LogP contribution in [0.2, 0.25) is 0 Å². The second kappa shape index (κ2) is 12.6. The number of nitrogens with zero attached hydrogens (tertiary/aromatic N) is 3. The van der Waals surface area contributed by atoms with Crippen molar-refractivity contribution in [2.75, 3.05) is 20.1 Å². The predicted molar refractivity (Wildman–Crippen MR) is 138 cm³/mol. The molecule has 1 aromatic rings. The minimum Gasteiger partial charge on any atom is -0.444 e. The summed E-state index contributed by atoms with van der Waals surface area (Å²) in [5.41, 5.74) is 2.17. The van der Waals surface area contributed by atoms with Crippen LogP contribution >= 0.6 is 0 Å². The molecule has 0 spiro atoms. The lowest BCUT2D eigenvalue weighted by Gasteiger charge is -2.30. The van der Waals surface area contributed by atoms with Crippen LogP contribution in [0.1, 0.15) is 68.9 Å². The molecule has 11 heteroatoms. The summed E-state index contributed by atoms with van der Waals surface area (Å²) < 4.78 is 5.79. The van der Waals surface area contributed by atoms with Gasteiger partial charge < -0.3 is 29.9 Å². The summed E-state index contributed by atoms with van der Waals surface area (Å²) in [7, 11) is 0.0306. The summed E-state index contributed by atoms with van der Waals surface area (Å²) >= 11 is 0. The third-order valence-corrected chi connectivity index (χ3v) is 7.70. The molecule has 3 atom stereocenters. The minimum atomic E-state index is -1.69. The first kappa shape index (κ1) is 27.3. The van der Waals surface area contributed by atoms with Gasteiger partial charge in [0.1, 0.15) is 12.1 Å². The number of carbonyl (C=O) groups excluding carboxylic acids is 3. The zero-order valence-electron chi connectivity index (χ0n) is 21.7. The lowest BCUT2D eigenvalue weighted by molar-refractivity contribution is -0.125. The molecule has 202 valence electrons. The molecule has 2 fully saturated rings. The van der Waals surface area contributed by atoms with E-state index < -0.39 is 37.2 Å². The molecule has 10 nitrogen and oxygen atoms in total. The van der Waals surface area contributed by atoms with Gasteiger partial charge in [-0.05, 0) is 24.0 Å². The van der Waals surface area contributed by atoms with Crippen molar-refractivity contribution in [1.82, 2.24) is 20.0 Å². The van der Waals surface area contributed by atoms with Gasteiger partial charge in [-0.15, -0.1) is 0 Å². The van der Waals surface area contributed by atoms with Crippen molar-refractivity contribution < 1.29 is 29.2 Å². The molecule has 3 heterocycles. The summed E-state index contributed by atoms with van der Waals surface area (Å²) in [5.74, 6) is -1.28. The summed E-state index contributed by atoms with van der Waals surface area (Å²) in [5, 5.41) is 22.5. The van der Waals surface area contributed by atoms with Crippen LogP contribution in [-0.2, 0) is 22.6 Å². The molecule has 3 aliphatic heterocycles. The van der Waals surface area contributed by atoms with Crippen molar-refractivity contribution in [1.29, 1.82) is 0 Å². The zero-order chi connectivity index (χ0) is 26.4. The van der Waals surface area contributed by atoms with E-state index in [2.05, 4.69) is 5.32 Å². The van der Waals surface area contributed by atoms with Crippen LogP contribution in [-0.4, -0.2) is 88.1 Å². The lowest BCUT2D eigenvalue weighted by Crippen LogP contribution is -2.54. The van der Waals surface area contributed by atoms with Gasteiger partial charge in [0.15, 0.2) is 0 Å². The van der Waals surface area contributed by atoms with Crippen LogP contribution < -0.4 is 5.32 Å². The standard InChI is InChI=1S/C26H39BN4O6/c1-29-14-10-6-4-2-3-5-7-13-23(27(35)36)28-24(32)22-15-21(18-31(22)25(29)33)37-26(34)30-16-19-11-8-9-12-20(19)17-30/h8-9,11-12,21-23,35-36H,2-7,10,13-18H2,1H3,(H,28,32)/t21?,22?,23-/m0/s1. The van der Waals surface area contributed by atoms with Gasteiger partial charge in [0.25, 0.3) is 0 Å². The van der Waals surface area contributed by atoms with Crippen LogP contribution in [0.25, 0.3) is 0 Å². The fraction of sp³-hybridized carbons (Fsp3) is 0.654. The molecule has 0 aliphatic carbocycles. The van der Waals surface area contributed by atoms with E-state index in [0.717, 1.165) is 56.1 Å². The topological polar surface area (TPSA) is 123 Å². The van der Waals surface area contributed by atoms with Gasteiger partial charge >= 0.3 is 19.2 Å². The van der Waals surface area contributed by atoms with E-state index in [-0.39, 0.29) is 19.0 Å². The second-order valence-corrected chi connectivity index (χ2v) is 10.5. The van der Waals surface area contributed by atoms with Gasteiger partial charge in [-0.25, -0.2) is 9.59 Å². The number of amides is 4. The Balaban J connectivity index is 1.45. The Hall–Kier alpha value is -2.79. The average molecular weight is 514 g/mol. The highest BCUT2D eigenvalue weighted by atomic mass is 16.6. The fourth-order valence-corrected chi connectivity index (χ4v) is 5.51. The van der Waals surface area contributed by atoms with Crippen LogP contribution in [0.4, 0.5) is 9.59 Å². The SMILES string of the molecule is CN1CCCCCCCCC[C@@H](B(O)O)NC(=O)C2CC(OC(=O)N3Cc4ccccc4C3)CN2C1=O. The maximum absolute atomic E-state index is 13.3. The Bertz CT molecular complexity index is 938. The molecule has 3 N–H and O–H groups in total. The molecule has 4 amide bonds. The van der Waals surface area contributed by atoms with Gasteiger partial charge in [-0.2, -0.15) is 0 Å². The molecule has 2 unspecified atom stereocenters. The number of fused-ring (bicyclic) bond motifs is 2. The summed E-state index contributed by atoms with van der Waals surface area (Å²) in [4.78, 5) is 44.3. The van der Waals surface area contributed by atoms with Gasteiger partial charge in [-0.1, -0.05) is 62.8 Å². The molecule has 0 saturated carbocycles. The Morgan fingerprint density at radius 2 is 1.62 bits per heavy atom.